The van der Waals surface area contributed by atoms with Crippen LogP contribution in [0.4, 0.5) is 5.69 Å². The van der Waals surface area contributed by atoms with E-state index in [9.17, 15) is 0 Å². The predicted octanol–water partition coefficient (Wildman–Crippen LogP) is 4.15. The summed E-state index contributed by atoms with van der Waals surface area (Å²) in [6.45, 7) is 2.87. The van der Waals surface area contributed by atoms with Gasteiger partial charge < -0.3 is 5.32 Å². The van der Waals surface area contributed by atoms with Crippen molar-refractivity contribution in [1.29, 1.82) is 0 Å². The molecular weight excluding hydrogens is 296 g/mol. The van der Waals surface area contributed by atoms with Gasteiger partial charge in [-0.1, -0.05) is 41.9 Å². The lowest BCUT2D eigenvalue weighted by Crippen LogP contribution is -2.06. The van der Waals surface area contributed by atoms with E-state index in [-0.39, 0.29) is 6.04 Å². The van der Waals surface area contributed by atoms with Gasteiger partial charge in [-0.15, -0.1) is 0 Å². The molecule has 2 heterocycles. The maximum atomic E-state index is 5.90. The molecule has 0 aliphatic heterocycles. The Bertz CT molecular complexity index is 739. The molecule has 1 N–H and O–H groups in total. The minimum Gasteiger partial charge on any atom is -0.378 e. The Labute approximate surface area is 134 Å². The number of nitrogens with zero attached hydrogens (tertiary/aromatic N) is 3. The molecule has 1 unspecified atom stereocenters. The lowest BCUT2D eigenvalue weighted by molar-refractivity contribution is 0.685. The summed E-state index contributed by atoms with van der Waals surface area (Å²) in [5.74, 6) is 0. The van der Waals surface area contributed by atoms with Crippen LogP contribution in [-0.4, -0.2) is 14.8 Å². The van der Waals surface area contributed by atoms with Crippen LogP contribution in [-0.2, 0) is 6.54 Å². The number of rotatable bonds is 5. The van der Waals surface area contributed by atoms with Crippen LogP contribution in [0, 0.1) is 0 Å². The molecule has 0 bridgehead atoms. The third-order valence-electron chi connectivity index (χ3n) is 3.45. The summed E-state index contributed by atoms with van der Waals surface area (Å²) in [5, 5.41) is 8.31. The van der Waals surface area contributed by atoms with Crippen LogP contribution in [0.5, 0.6) is 0 Å². The van der Waals surface area contributed by atoms with Gasteiger partial charge in [0.1, 0.15) is 5.15 Å². The van der Waals surface area contributed by atoms with Gasteiger partial charge in [-0.2, -0.15) is 5.10 Å². The maximum absolute atomic E-state index is 5.90. The first kappa shape index (κ1) is 14.6. The summed E-state index contributed by atoms with van der Waals surface area (Å²) >= 11 is 5.90. The van der Waals surface area contributed by atoms with Gasteiger partial charge in [-0.3, -0.25) is 4.68 Å². The van der Waals surface area contributed by atoms with Crippen molar-refractivity contribution in [3.63, 3.8) is 0 Å². The standard InChI is InChI=1S/C17H17ClN4/c1-13(21-16-7-8-19-17(18)9-16)15-10-20-22(12-15)11-14-5-3-2-4-6-14/h2-10,12-13H,11H2,1H3,(H,19,21). The number of hydrogen-bond donors (Lipinski definition) is 1. The molecular formula is C17H17ClN4. The molecule has 4 nitrogen and oxygen atoms in total. The molecule has 5 heteroatoms. The zero-order valence-electron chi connectivity index (χ0n) is 12.3. The zero-order chi connectivity index (χ0) is 15.4. The molecule has 2 aromatic heterocycles. The van der Waals surface area contributed by atoms with E-state index in [2.05, 4.69) is 40.7 Å². The largest absolute Gasteiger partial charge is 0.378 e. The van der Waals surface area contributed by atoms with Crippen LogP contribution >= 0.6 is 11.6 Å². The maximum Gasteiger partial charge on any atom is 0.131 e. The topological polar surface area (TPSA) is 42.7 Å². The van der Waals surface area contributed by atoms with Gasteiger partial charge in [0.15, 0.2) is 0 Å². The van der Waals surface area contributed by atoms with Crippen LogP contribution in [0.1, 0.15) is 24.1 Å². The van der Waals surface area contributed by atoms with Crippen molar-refractivity contribution in [2.24, 2.45) is 0 Å². The summed E-state index contributed by atoms with van der Waals surface area (Å²) in [7, 11) is 0. The van der Waals surface area contributed by atoms with Crippen molar-refractivity contribution >= 4 is 17.3 Å². The smallest absolute Gasteiger partial charge is 0.131 e. The van der Waals surface area contributed by atoms with Crippen LogP contribution in [0.3, 0.4) is 0 Å². The highest BCUT2D eigenvalue weighted by molar-refractivity contribution is 6.29. The van der Waals surface area contributed by atoms with Gasteiger partial charge in [0, 0.05) is 23.6 Å². The van der Waals surface area contributed by atoms with Gasteiger partial charge in [0.2, 0.25) is 0 Å². The first-order valence-electron chi connectivity index (χ1n) is 7.15. The fourth-order valence-electron chi connectivity index (χ4n) is 2.29. The first-order valence-corrected chi connectivity index (χ1v) is 7.53. The van der Waals surface area contributed by atoms with E-state index in [1.54, 1.807) is 6.20 Å². The Morgan fingerprint density at radius 3 is 2.82 bits per heavy atom. The monoisotopic (exact) mass is 312 g/mol. The highest BCUT2D eigenvalue weighted by Gasteiger charge is 2.08. The van der Waals surface area contributed by atoms with E-state index >= 15 is 0 Å². The average molecular weight is 313 g/mol. The average Bonchev–Trinajstić information content (AvgIpc) is 2.97. The fraction of sp³-hybridized carbons (Fsp3) is 0.176. The second-order valence-electron chi connectivity index (χ2n) is 5.19. The lowest BCUT2D eigenvalue weighted by Gasteiger charge is -2.13. The molecule has 22 heavy (non-hydrogen) atoms. The number of aromatic nitrogens is 3. The molecule has 0 aliphatic carbocycles. The molecule has 3 aromatic rings. The van der Waals surface area contributed by atoms with Crippen LogP contribution in [0.15, 0.2) is 61.1 Å². The quantitative estimate of drug-likeness (QED) is 0.720. The van der Waals surface area contributed by atoms with Crippen LogP contribution in [0.2, 0.25) is 5.15 Å². The second-order valence-corrected chi connectivity index (χ2v) is 5.58. The molecule has 0 saturated carbocycles. The second kappa shape index (κ2) is 6.62. The third kappa shape index (κ3) is 3.65. The number of anilines is 1. The molecule has 0 fully saturated rings. The summed E-state index contributed by atoms with van der Waals surface area (Å²) in [5.41, 5.74) is 3.31. The summed E-state index contributed by atoms with van der Waals surface area (Å²) < 4.78 is 1.95. The number of hydrogen-bond acceptors (Lipinski definition) is 3. The number of benzene rings is 1. The molecule has 0 amide bonds. The van der Waals surface area contributed by atoms with Gasteiger partial charge in [-0.05, 0) is 24.6 Å². The minimum atomic E-state index is 0.142. The van der Waals surface area contributed by atoms with Crippen molar-refractivity contribution in [1.82, 2.24) is 14.8 Å². The Kier molecular flexibility index (Phi) is 4.39. The van der Waals surface area contributed by atoms with Crippen molar-refractivity contribution in [2.45, 2.75) is 19.5 Å². The number of nitrogens with one attached hydrogen (secondary N) is 1. The summed E-state index contributed by atoms with van der Waals surface area (Å²) in [4.78, 5) is 3.98. The molecule has 112 valence electrons. The Balaban J connectivity index is 1.68. The van der Waals surface area contributed by atoms with Crippen LogP contribution < -0.4 is 5.32 Å². The molecule has 0 aliphatic rings. The van der Waals surface area contributed by atoms with E-state index < -0.39 is 0 Å². The molecule has 1 atom stereocenters. The van der Waals surface area contributed by atoms with Gasteiger partial charge in [0.05, 0.1) is 18.8 Å². The highest BCUT2D eigenvalue weighted by Crippen LogP contribution is 2.20. The predicted molar refractivity (Wildman–Crippen MR) is 89.1 cm³/mol. The fourth-order valence-corrected chi connectivity index (χ4v) is 2.46. The minimum absolute atomic E-state index is 0.142. The molecule has 0 saturated heterocycles. The third-order valence-corrected chi connectivity index (χ3v) is 3.66. The van der Waals surface area contributed by atoms with Gasteiger partial charge >= 0.3 is 0 Å². The van der Waals surface area contributed by atoms with E-state index in [1.807, 2.05) is 41.2 Å². The molecule has 0 radical (unpaired) electrons. The van der Waals surface area contributed by atoms with E-state index in [4.69, 9.17) is 11.6 Å². The summed E-state index contributed by atoms with van der Waals surface area (Å²) in [6, 6.07) is 14.1. The Morgan fingerprint density at radius 1 is 1.23 bits per heavy atom. The molecule has 0 spiro atoms. The van der Waals surface area contributed by atoms with Gasteiger partial charge in [-0.25, -0.2) is 4.98 Å². The molecule has 3 rings (SSSR count). The van der Waals surface area contributed by atoms with Gasteiger partial charge in [0.25, 0.3) is 0 Å². The normalized spacial score (nSPS) is 12.1. The van der Waals surface area contributed by atoms with Crippen LogP contribution in [0.25, 0.3) is 0 Å². The number of pyridine rings is 1. The van der Waals surface area contributed by atoms with E-state index in [1.165, 1.54) is 5.56 Å². The van der Waals surface area contributed by atoms with Crippen molar-refractivity contribution < 1.29 is 0 Å². The lowest BCUT2D eigenvalue weighted by atomic mass is 10.2. The van der Waals surface area contributed by atoms with E-state index in [0.717, 1.165) is 17.8 Å². The number of halogens is 1. The van der Waals surface area contributed by atoms with Crippen molar-refractivity contribution in [3.05, 3.63) is 77.3 Å². The molecule has 1 aromatic carbocycles. The van der Waals surface area contributed by atoms with Crippen molar-refractivity contribution in [2.75, 3.05) is 5.32 Å². The SMILES string of the molecule is CC(Nc1ccnc(Cl)c1)c1cnn(Cc2ccccc2)c1. The first-order chi connectivity index (χ1) is 10.7. The van der Waals surface area contributed by atoms with Crippen molar-refractivity contribution in [3.8, 4) is 0 Å². The zero-order valence-corrected chi connectivity index (χ0v) is 13.0. The Morgan fingerprint density at radius 2 is 2.05 bits per heavy atom. The Hall–Kier alpha value is -2.33. The van der Waals surface area contributed by atoms with E-state index in [0.29, 0.717) is 5.15 Å². The summed E-state index contributed by atoms with van der Waals surface area (Å²) in [6.07, 6.45) is 5.65. The highest BCUT2D eigenvalue weighted by atomic mass is 35.5.